The maximum Gasteiger partial charge on any atom is 0.325 e. The van der Waals surface area contributed by atoms with Crippen molar-refractivity contribution < 1.29 is 0 Å². The Bertz CT molecular complexity index is 450. The van der Waals surface area contributed by atoms with Crippen molar-refractivity contribution >= 4 is 0 Å². The van der Waals surface area contributed by atoms with Gasteiger partial charge in [-0.1, -0.05) is 0 Å². The van der Waals surface area contributed by atoms with Gasteiger partial charge in [0.05, 0.1) is 12.2 Å². The molecule has 0 saturated heterocycles. The standard InChI is InChI=1S/C8H10N4O/c1-11-4-2-7(10-11)6-12-5-3-9-8(12)13/h2-5H,6H2,1H3,(H,9,13). The molecule has 2 aromatic rings. The second-order valence-corrected chi connectivity index (χ2v) is 2.87. The molecule has 68 valence electrons. The lowest BCUT2D eigenvalue weighted by Crippen LogP contribution is -2.17. The normalized spacial score (nSPS) is 10.5. The summed E-state index contributed by atoms with van der Waals surface area (Å²) in [5.41, 5.74) is 0.773. The van der Waals surface area contributed by atoms with Gasteiger partial charge in [-0.25, -0.2) is 4.79 Å². The molecular formula is C8H10N4O. The first-order chi connectivity index (χ1) is 6.25. The zero-order valence-electron chi connectivity index (χ0n) is 7.27. The van der Waals surface area contributed by atoms with E-state index < -0.39 is 0 Å². The molecule has 0 bridgehead atoms. The lowest BCUT2D eigenvalue weighted by molar-refractivity contribution is 0.693. The van der Waals surface area contributed by atoms with E-state index in [9.17, 15) is 4.79 Å². The molecule has 5 nitrogen and oxygen atoms in total. The largest absolute Gasteiger partial charge is 0.325 e. The molecule has 2 aromatic heterocycles. The maximum atomic E-state index is 11.1. The van der Waals surface area contributed by atoms with E-state index in [0.717, 1.165) is 5.69 Å². The summed E-state index contributed by atoms with van der Waals surface area (Å²) in [5.74, 6) is 0. The summed E-state index contributed by atoms with van der Waals surface area (Å²) >= 11 is 0. The van der Waals surface area contributed by atoms with Crippen LogP contribution in [-0.2, 0) is 13.6 Å². The van der Waals surface area contributed by atoms with E-state index in [4.69, 9.17) is 0 Å². The number of aromatic amines is 1. The number of aromatic nitrogens is 4. The molecule has 0 amide bonds. The van der Waals surface area contributed by atoms with E-state index >= 15 is 0 Å². The fourth-order valence-corrected chi connectivity index (χ4v) is 1.20. The van der Waals surface area contributed by atoms with E-state index in [1.54, 1.807) is 21.6 Å². The molecule has 2 heterocycles. The van der Waals surface area contributed by atoms with Crippen LogP contribution in [0.3, 0.4) is 0 Å². The molecule has 0 aliphatic rings. The highest BCUT2D eigenvalue weighted by molar-refractivity contribution is 4.99. The zero-order chi connectivity index (χ0) is 9.26. The predicted molar refractivity (Wildman–Crippen MR) is 47.4 cm³/mol. The Balaban J connectivity index is 2.24. The quantitative estimate of drug-likeness (QED) is 0.701. The van der Waals surface area contributed by atoms with Gasteiger partial charge in [0, 0.05) is 25.6 Å². The van der Waals surface area contributed by atoms with Crippen LogP contribution in [0.5, 0.6) is 0 Å². The predicted octanol–water partition coefficient (Wildman–Crippen LogP) is -0.0418. The topological polar surface area (TPSA) is 55.6 Å². The number of nitrogens with one attached hydrogen (secondary N) is 1. The number of H-pyrrole nitrogens is 1. The molecule has 13 heavy (non-hydrogen) atoms. The first-order valence-electron chi connectivity index (χ1n) is 3.98. The average molecular weight is 178 g/mol. The summed E-state index contributed by atoms with van der Waals surface area (Å²) in [7, 11) is 1.85. The van der Waals surface area contributed by atoms with Crippen molar-refractivity contribution in [2.75, 3.05) is 0 Å². The van der Waals surface area contributed by atoms with Crippen LogP contribution >= 0.6 is 0 Å². The maximum absolute atomic E-state index is 11.1. The Morgan fingerprint density at radius 1 is 1.54 bits per heavy atom. The number of nitrogens with zero attached hydrogens (tertiary/aromatic N) is 3. The Morgan fingerprint density at radius 2 is 2.38 bits per heavy atom. The first-order valence-corrected chi connectivity index (χ1v) is 3.98. The van der Waals surface area contributed by atoms with Crippen molar-refractivity contribution in [3.05, 3.63) is 40.8 Å². The van der Waals surface area contributed by atoms with Crippen molar-refractivity contribution in [3.63, 3.8) is 0 Å². The second-order valence-electron chi connectivity index (χ2n) is 2.87. The van der Waals surface area contributed by atoms with Crippen LogP contribution in [0, 0.1) is 0 Å². The van der Waals surface area contributed by atoms with Crippen LogP contribution in [0.15, 0.2) is 29.5 Å². The van der Waals surface area contributed by atoms with Gasteiger partial charge < -0.3 is 4.98 Å². The van der Waals surface area contributed by atoms with Gasteiger partial charge in [-0.15, -0.1) is 0 Å². The smallest absolute Gasteiger partial charge is 0.313 e. The Hall–Kier alpha value is -1.78. The van der Waals surface area contributed by atoms with Gasteiger partial charge in [-0.3, -0.25) is 9.25 Å². The number of hydrogen-bond donors (Lipinski definition) is 1. The molecule has 0 unspecified atom stereocenters. The van der Waals surface area contributed by atoms with Crippen LogP contribution in [0.25, 0.3) is 0 Å². The molecular weight excluding hydrogens is 168 g/mol. The van der Waals surface area contributed by atoms with E-state index in [0.29, 0.717) is 6.54 Å². The van der Waals surface area contributed by atoms with E-state index in [-0.39, 0.29) is 5.69 Å². The summed E-state index contributed by atoms with van der Waals surface area (Å²) in [6.07, 6.45) is 5.18. The van der Waals surface area contributed by atoms with Crippen LogP contribution in [-0.4, -0.2) is 19.3 Å². The molecule has 0 saturated carbocycles. The van der Waals surface area contributed by atoms with Crippen LogP contribution < -0.4 is 5.69 Å². The minimum absolute atomic E-state index is 0.106. The Morgan fingerprint density at radius 3 is 2.92 bits per heavy atom. The molecule has 0 fully saturated rings. The molecule has 0 aliphatic carbocycles. The minimum Gasteiger partial charge on any atom is -0.313 e. The fourth-order valence-electron chi connectivity index (χ4n) is 1.20. The van der Waals surface area contributed by atoms with Gasteiger partial charge >= 0.3 is 5.69 Å². The molecule has 5 heteroatoms. The highest BCUT2D eigenvalue weighted by Crippen LogP contribution is 1.95. The van der Waals surface area contributed by atoms with Crippen LogP contribution in [0.1, 0.15) is 5.69 Å². The molecule has 0 aromatic carbocycles. The first kappa shape index (κ1) is 7.85. The van der Waals surface area contributed by atoms with E-state index in [1.165, 1.54) is 0 Å². The SMILES string of the molecule is Cn1ccc(Cn2cc[nH]c2=O)n1. The fraction of sp³-hybridized carbons (Fsp3) is 0.250. The third kappa shape index (κ3) is 1.53. The van der Waals surface area contributed by atoms with Gasteiger partial charge in [0.25, 0.3) is 0 Å². The molecule has 0 radical (unpaired) electrons. The molecule has 0 aliphatic heterocycles. The summed E-state index contributed by atoms with van der Waals surface area (Å²) < 4.78 is 3.29. The van der Waals surface area contributed by atoms with Crippen molar-refractivity contribution in [1.82, 2.24) is 19.3 Å². The summed E-state index contributed by atoms with van der Waals surface area (Å²) in [4.78, 5) is 13.7. The summed E-state index contributed by atoms with van der Waals surface area (Å²) in [6, 6.07) is 1.89. The zero-order valence-corrected chi connectivity index (χ0v) is 7.27. The van der Waals surface area contributed by atoms with Crippen LogP contribution in [0.4, 0.5) is 0 Å². The van der Waals surface area contributed by atoms with Gasteiger partial charge in [-0.2, -0.15) is 5.10 Å². The monoisotopic (exact) mass is 178 g/mol. The van der Waals surface area contributed by atoms with Gasteiger partial charge in [0.1, 0.15) is 0 Å². The van der Waals surface area contributed by atoms with Gasteiger partial charge in [0.15, 0.2) is 0 Å². The molecule has 2 rings (SSSR count). The van der Waals surface area contributed by atoms with Crippen LogP contribution in [0.2, 0.25) is 0 Å². The number of aryl methyl sites for hydroxylation is 1. The minimum atomic E-state index is -0.106. The Labute approximate surface area is 74.6 Å². The molecule has 1 N–H and O–H groups in total. The third-order valence-electron chi connectivity index (χ3n) is 1.82. The summed E-state index contributed by atoms with van der Waals surface area (Å²) in [6.45, 7) is 0.517. The van der Waals surface area contributed by atoms with E-state index in [2.05, 4.69) is 10.1 Å². The average Bonchev–Trinajstić information content (AvgIpc) is 2.64. The van der Waals surface area contributed by atoms with Crippen molar-refractivity contribution in [2.24, 2.45) is 7.05 Å². The Kier molecular flexibility index (Phi) is 1.77. The van der Waals surface area contributed by atoms with Gasteiger partial charge in [0.2, 0.25) is 0 Å². The third-order valence-corrected chi connectivity index (χ3v) is 1.82. The van der Waals surface area contributed by atoms with E-state index in [1.807, 2.05) is 19.3 Å². The highest BCUT2D eigenvalue weighted by Gasteiger charge is 1.99. The summed E-state index contributed by atoms with van der Waals surface area (Å²) in [5, 5.41) is 4.17. The molecule has 0 spiro atoms. The highest BCUT2D eigenvalue weighted by atomic mass is 16.1. The second kappa shape index (κ2) is 2.93. The number of imidazole rings is 1. The van der Waals surface area contributed by atoms with Crippen molar-refractivity contribution in [1.29, 1.82) is 0 Å². The molecule has 0 atom stereocenters. The number of rotatable bonds is 2. The number of hydrogen-bond acceptors (Lipinski definition) is 2. The van der Waals surface area contributed by atoms with Crippen molar-refractivity contribution in [3.8, 4) is 0 Å². The lowest BCUT2D eigenvalue weighted by atomic mass is 10.4. The lowest BCUT2D eigenvalue weighted by Gasteiger charge is -1.95. The van der Waals surface area contributed by atoms with Crippen molar-refractivity contribution in [2.45, 2.75) is 6.54 Å². The van der Waals surface area contributed by atoms with Gasteiger partial charge in [-0.05, 0) is 6.07 Å².